The van der Waals surface area contributed by atoms with Gasteiger partial charge < -0.3 is 9.84 Å². The SMILES string of the molecule is CCn1nc2c(cc1=O)CN(CC(O)COCc1ccccc1)CC2. The van der Waals surface area contributed by atoms with E-state index in [9.17, 15) is 9.90 Å². The second-order valence-corrected chi connectivity index (χ2v) is 6.41. The van der Waals surface area contributed by atoms with E-state index in [2.05, 4.69) is 10.00 Å². The fourth-order valence-corrected chi connectivity index (χ4v) is 3.12. The lowest BCUT2D eigenvalue weighted by Crippen LogP contribution is -2.40. The first kappa shape index (κ1) is 17.8. The van der Waals surface area contributed by atoms with E-state index in [4.69, 9.17) is 4.74 Å². The van der Waals surface area contributed by atoms with E-state index in [1.165, 1.54) is 4.68 Å². The second kappa shape index (κ2) is 8.38. The average molecular weight is 343 g/mol. The quantitative estimate of drug-likeness (QED) is 0.818. The fourth-order valence-electron chi connectivity index (χ4n) is 3.12. The van der Waals surface area contributed by atoms with Gasteiger partial charge in [0, 0.05) is 38.7 Å². The number of aryl methyl sites for hydroxylation is 1. The molecule has 0 spiro atoms. The van der Waals surface area contributed by atoms with Crippen LogP contribution in [-0.4, -0.2) is 45.6 Å². The molecule has 1 N–H and O–H groups in total. The predicted octanol–water partition coefficient (Wildman–Crippen LogP) is 1.20. The van der Waals surface area contributed by atoms with Crippen molar-refractivity contribution in [2.24, 2.45) is 0 Å². The van der Waals surface area contributed by atoms with Crippen molar-refractivity contribution >= 4 is 0 Å². The summed E-state index contributed by atoms with van der Waals surface area (Å²) in [5.41, 5.74) is 3.00. The first-order valence-corrected chi connectivity index (χ1v) is 8.77. The molecule has 0 fully saturated rings. The van der Waals surface area contributed by atoms with E-state index in [1.54, 1.807) is 6.07 Å². The summed E-state index contributed by atoms with van der Waals surface area (Å²) in [6, 6.07) is 11.6. The number of benzene rings is 1. The number of fused-ring (bicyclic) bond motifs is 1. The lowest BCUT2D eigenvalue weighted by atomic mass is 10.1. The number of aromatic nitrogens is 2. The van der Waals surface area contributed by atoms with Crippen LogP contribution in [0.4, 0.5) is 0 Å². The average Bonchev–Trinajstić information content (AvgIpc) is 2.62. The maximum absolute atomic E-state index is 11.9. The first-order valence-electron chi connectivity index (χ1n) is 8.77. The highest BCUT2D eigenvalue weighted by atomic mass is 16.5. The number of aliphatic hydroxyl groups excluding tert-OH is 1. The molecule has 1 atom stereocenters. The zero-order chi connectivity index (χ0) is 17.6. The molecule has 25 heavy (non-hydrogen) atoms. The zero-order valence-electron chi connectivity index (χ0n) is 14.6. The van der Waals surface area contributed by atoms with Crippen LogP contribution in [0, 0.1) is 0 Å². The number of aliphatic hydroxyl groups is 1. The molecule has 1 aromatic carbocycles. The van der Waals surface area contributed by atoms with Crippen LogP contribution in [-0.2, 0) is 30.9 Å². The molecule has 0 saturated heterocycles. The van der Waals surface area contributed by atoms with Gasteiger partial charge in [-0.15, -0.1) is 0 Å². The summed E-state index contributed by atoms with van der Waals surface area (Å²) < 4.78 is 7.10. The summed E-state index contributed by atoms with van der Waals surface area (Å²) in [5.74, 6) is 0. The van der Waals surface area contributed by atoms with Gasteiger partial charge in [0.05, 0.1) is 25.0 Å². The van der Waals surface area contributed by atoms with E-state index in [0.717, 1.165) is 29.8 Å². The summed E-state index contributed by atoms with van der Waals surface area (Å²) in [6.07, 6.45) is 0.252. The third-order valence-electron chi connectivity index (χ3n) is 4.41. The standard InChI is InChI=1S/C19H25N3O3/c1-2-22-19(24)10-16-11-21(9-8-18(16)20-22)12-17(23)14-25-13-15-6-4-3-5-7-15/h3-7,10,17,23H,2,8-9,11-14H2,1H3. The van der Waals surface area contributed by atoms with Crippen LogP contribution in [0.25, 0.3) is 0 Å². The van der Waals surface area contributed by atoms with Gasteiger partial charge in [0.25, 0.3) is 5.56 Å². The Kier molecular flexibility index (Phi) is 5.96. The summed E-state index contributed by atoms with van der Waals surface area (Å²) in [4.78, 5) is 14.1. The van der Waals surface area contributed by atoms with Crippen molar-refractivity contribution in [2.45, 2.75) is 39.1 Å². The normalized spacial score (nSPS) is 15.8. The molecule has 1 unspecified atom stereocenters. The van der Waals surface area contributed by atoms with Gasteiger partial charge in [-0.3, -0.25) is 9.69 Å². The molecule has 1 aliphatic rings. The first-order chi connectivity index (χ1) is 12.2. The Morgan fingerprint density at radius 2 is 2.12 bits per heavy atom. The third kappa shape index (κ3) is 4.75. The van der Waals surface area contributed by atoms with Crippen LogP contribution in [0.5, 0.6) is 0 Å². The Bertz CT molecular complexity index is 745. The lowest BCUT2D eigenvalue weighted by Gasteiger charge is -2.29. The van der Waals surface area contributed by atoms with Crippen LogP contribution in [0.2, 0.25) is 0 Å². The van der Waals surface area contributed by atoms with Crippen LogP contribution in [0.15, 0.2) is 41.2 Å². The molecule has 134 valence electrons. The van der Waals surface area contributed by atoms with Gasteiger partial charge in [-0.05, 0) is 18.1 Å². The Hall–Kier alpha value is -2.02. The molecule has 0 saturated carbocycles. The van der Waals surface area contributed by atoms with Gasteiger partial charge >= 0.3 is 0 Å². The van der Waals surface area contributed by atoms with Gasteiger partial charge in [0.2, 0.25) is 0 Å². The zero-order valence-corrected chi connectivity index (χ0v) is 14.6. The minimum Gasteiger partial charge on any atom is -0.389 e. The van der Waals surface area contributed by atoms with E-state index in [0.29, 0.717) is 32.8 Å². The number of rotatable bonds is 7. The number of hydrogen-bond donors (Lipinski definition) is 1. The highest BCUT2D eigenvalue weighted by Crippen LogP contribution is 2.15. The molecule has 6 nitrogen and oxygen atoms in total. The van der Waals surface area contributed by atoms with Gasteiger partial charge in [0.15, 0.2) is 0 Å². The van der Waals surface area contributed by atoms with Gasteiger partial charge in [0.1, 0.15) is 0 Å². The highest BCUT2D eigenvalue weighted by molar-refractivity contribution is 5.20. The van der Waals surface area contributed by atoms with E-state index >= 15 is 0 Å². The van der Waals surface area contributed by atoms with Crippen LogP contribution in [0.3, 0.4) is 0 Å². The van der Waals surface area contributed by atoms with Crippen molar-refractivity contribution in [3.05, 3.63) is 63.6 Å². The molecule has 0 bridgehead atoms. The Morgan fingerprint density at radius 1 is 1.32 bits per heavy atom. The van der Waals surface area contributed by atoms with Crippen molar-refractivity contribution in [1.82, 2.24) is 14.7 Å². The van der Waals surface area contributed by atoms with Crippen LogP contribution >= 0.6 is 0 Å². The van der Waals surface area contributed by atoms with Crippen molar-refractivity contribution in [3.63, 3.8) is 0 Å². The molecule has 0 aliphatic carbocycles. The van der Waals surface area contributed by atoms with Crippen molar-refractivity contribution in [1.29, 1.82) is 0 Å². The van der Waals surface area contributed by atoms with Crippen molar-refractivity contribution in [2.75, 3.05) is 19.7 Å². The topological polar surface area (TPSA) is 67.6 Å². The minimum atomic E-state index is -0.547. The molecule has 2 aromatic rings. The number of hydrogen-bond acceptors (Lipinski definition) is 5. The Balaban J connectivity index is 1.49. The summed E-state index contributed by atoms with van der Waals surface area (Å²) in [6.45, 7) is 5.32. The Morgan fingerprint density at radius 3 is 2.88 bits per heavy atom. The smallest absolute Gasteiger partial charge is 0.267 e. The fraction of sp³-hybridized carbons (Fsp3) is 0.474. The summed E-state index contributed by atoms with van der Waals surface area (Å²) in [7, 11) is 0. The largest absolute Gasteiger partial charge is 0.389 e. The number of β-amino-alcohol motifs (C(OH)–C–C–N with tert-alkyl or cyclic N) is 1. The highest BCUT2D eigenvalue weighted by Gasteiger charge is 2.21. The number of ether oxygens (including phenoxy) is 1. The molecule has 0 amide bonds. The van der Waals surface area contributed by atoms with Gasteiger partial charge in [-0.2, -0.15) is 5.10 Å². The second-order valence-electron chi connectivity index (χ2n) is 6.41. The lowest BCUT2D eigenvalue weighted by molar-refractivity contribution is 0.00757. The Labute approximate surface area is 147 Å². The van der Waals surface area contributed by atoms with Crippen LogP contribution in [0.1, 0.15) is 23.7 Å². The minimum absolute atomic E-state index is 0.0603. The number of nitrogens with zero attached hydrogens (tertiary/aromatic N) is 3. The molecule has 2 heterocycles. The molecular formula is C19H25N3O3. The maximum Gasteiger partial charge on any atom is 0.267 e. The van der Waals surface area contributed by atoms with E-state index in [-0.39, 0.29) is 5.56 Å². The molecule has 3 rings (SSSR count). The molecule has 0 radical (unpaired) electrons. The molecule has 1 aromatic heterocycles. The maximum atomic E-state index is 11.9. The summed E-state index contributed by atoms with van der Waals surface area (Å²) in [5, 5.41) is 14.6. The third-order valence-corrected chi connectivity index (χ3v) is 4.41. The predicted molar refractivity (Wildman–Crippen MR) is 95.3 cm³/mol. The molecule has 1 aliphatic heterocycles. The van der Waals surface area contributed by atoms with Gasteiger partial charge in [-0.1, -0.05) is 30.3 Å². The summed E-state index contributed by atoms with van der Waals surface area (Å²) >= 11 is 0. The van der Waals surface area contributed by atoms with E-state index < -0.39 is 6.10 Å². The van der Waals surface area contributed by atoms with Crippen molar-refractivity contribution < 1.29 is 9.84 Å². The molecular weight excluding hydrogens is 318 g/mol. The molecule has 6 heteroatoms. The van der Waals surface area contributed by atoms with Crippen LogP contribution < -0.4 is 5.56 Å². The van der Waals surface area contributed by atoms with Gasteiger partial charge in [-0.25, -0.2) is 4.68 Å². The van der Waals surface area contributed by atoms with Crippen molar-refractivity contribution in [3.8, 4) is 0 Å². The monoisotopic (exact) mass is 343 g/mol. The van der Waals surface area contributed by atoms with E-state index in [1.807, 2.05) is 37.3 Å².